The van der Waals surface area contributed by atoms with Crippen LogP contribution in [0.4, 0.5) is 5.82 Å². The number of hydrogen-bond acceptors (Lipinski definition) is 9. The minimum absolute atomic E-state index is 0.195. The van der Waals surface area contributed by atoms with Gasteiger partial charge in [-0.15, -0.1) is 0 Å². The van der Waals surface area contributed by atoms with E-state index in [9.17, 15) is 5.11 Å². The second kappa shape index (κ2) is 11.6. The van der Waals surface area contributed by atoms with Crippen molar-refractivity contribution in [2.45, 2.75) is 52.2 Å². The number of nitrogens with zero attached hydrogens (tertiary/aromatic N) is 3. The SMILES string of the molecule is CCc1onc(C)c1-c1nc(-c2cccc(OCC(O)CNC)c2)nc(NC2CCOCC2)c1C. The van der Waals surface area contributed by atoms with Gasteiger partial charge in [-0.2, -0.15) is 0 Å². The van der Waals surface area contributed by atoms with Crippen LogP contribution in [0.25, 0.3) is 22.6 Å². The van der Waals surface area contributed by atoms with Crippen molar-refractivity contribution in [1.29, 1.82) is 0 Å². The fourth-order valence-electron chi connectivity index (χ4n) is 4.24. The number of rotatable bonds is 10. The van der Waals surface area contributed by atoms with Crippen molar-refractivity contribution < 1.29 is 19.1 Å². The van der Waals surface area contributed by atoms with Gasteiger partial charge in [0.2, 0.25) is 0 Å². The van der Waals surface area contributed by atoms with Gasteiger partial charge in [0, 0.05) is 43.3 Å². The van der Waals surface area contributed by atoms with Crippen molar-refractivity contribution in [3.63, 3.8) is 0 Å². The Morgan fingerprint density at radius 2 is 2.00 bits per heavy atom. The Labute approximate surface area is 206 Å². The van der Waals surface area contributed by atoms with Gasteiger partial charge < -0.3 is 29.7 Å². The summed E-state index contributed by atoms with van der Waals surface area (Å²) in [5.74, 6) is 2.85. The number of ether oxygens (including phenoxy) is 2. The largest absolute Gasteiger partial charge is 0.491 e. The van der Waals surface area contributed by atoms with Gasteiger partial charge in [-0.05, 0) is 45.9 Å². The fourth-order valence-corrected chi connectivity index (χ4v) is 4.24. The summed E-state index contributed by atoms with van der Waals surface area (Å²) in [6.45, 7) is 8.16. The Kier molecular flexibility index (Phi) is 8.33. The molecular formula is C26H35N5O4. The maximum Gasteiger partial charge on any atom is 0.162 e. The molecule has 1 saturated heterocycles. The molecule has 1 atom stereocenters. The highest BCUT2D eigenvalue weighted by Gasteiger charge is 2.23. The predicted octanol–water partition coefficient (Wildman–Crippen LogP) is 3.53. The van der Waals surface area contributed by atoms with E-state index < -0.39 is 6.10 Å². The van der Waals surface area contributed by atoms with E-state index in [1.165, 1.54) is 0 Å². The number of benzene rings is 1. The Morgan fingerprint density at radius 1 is 1.20 bits per heavy atom. The summed E-state index contributed by atoms with van der Waals surface area (Å²) in [5.41, 5.74) is 4.34. The number of likely N-dealkylation sites (N-methyl/N-ethyl adjacent to an activating group) is 1. The van der Waals surface area contributed by atoms with Crippen LogP contribution in [0.1, 0.15) is 36.8 Å². The lowest BCUT2D eigenvalue weighted by molar-refractivity contribution is 0.0904. The van der Waals surface area contributed by atoms with Crippen LogP contribution in [-0.4, -0.2) is 65.8 Å². The summed E-state index contributed by atoms with van der Waals surface area (Å²) in [7, 11) is 1.79. The number of hydrogen-bond donors (Lipinski definition) is 3. The molecule has 35 heavy (non-hydrogen) atoms. The van der Waals surface area contributed by atoms with Gasteiger partial charge >= 0.3 is 0 Å². The van der Waals surface area contributed by atoms with Gasteiger partial charge in [0.25, 0.3) is 0 Å². The highest BCUT2D eigenvalue weighted by atomic mass is 16.5. The minimum atomic E-state index is -0.592. The lowest BCUT2D eigenvalue weighted by Crippen LogP contribution is -2.29. The second-order valence-corrected chi connectivity index (χ2v) is 8.87. The van der Waals surface area contributed by atoms with E-state index in [1.807, 2.05) is 45.0 Å². The highest BCUT2D eigenvalue weighted by Crippen LogP contribution is 2.34. The molecule has 4 rings (SSSR count). The first-order chi connectivity index (χ1) is 17.0. The molecule has 1 unspecified atom stereocenters. The molecule has 1 aliphatic rings. The topological polar surface area (TPSA) is 115 Å². The first kappa shape index (κ1) is 25.1. The van der Waals surface area contributed by atoms with Crippen molar-refractivity contribution in [2.75, 3.05) is 38.7 Å². The molecule has 3 aromatic rings. The van der Waals surface area contributed by atoms with E-state index in [4.69, 9.17) is 24.0 Å². The molecule has 0 bridgehead atoms. The summed E-state index contributed by atoms with van der Waals surface area (Å²) in [4.78, 5) is 9.91. The molecule has 0 spiro atoms. The van der Waals surface area contributed by atoms with Crippen LogP contribution in [-0.2, 0) is 11.2 Å². The van der Waals surface area contributed by atoms with Crippen LogP contribution in [0.2, 0.25) is 0 Å². The van der Waals surface area contributed by atoms with E-state index in [2.05, 4.69) is 15.8 Å². The minimum Gasteiger partial charge on any atom is -0.491 e. The first-order valence-corrected chi connectivity index (χ1v) is 12.2. The zero-order valence-corrected chi connectivity index (χ0v) is 20.9. The van der Waals surface area contributed by atoms with Gasteiger partial charge in [0.05, 0.1) is 17.0 Å². The normalized spacial score (nSPS) is 15.2. The van der Waals surface area contributed by atoms with Crippen LogP contribution in [0.15, 0.2) is 28.8 Å². The summed E-state index contributed by atoms with van der Waals surface area (Å²) >= 11 is 0. The maximum atomic E-state index is 9.99. The number of aromatic nitrogens is 3. The molecule has 9 nitrogen and oxygen atoms in total. The number of nitrogens with one attached hydrogen (secondary N) is 2. The lowest BCUT2D eigenvalue weighted by atomic mass is 10.0. The summed E-state index contributed by atoms with van der Waals surface area (Å²) in [6.07, 6.45) is 1.98. The molecular weight excluding hydrogens is 446 g/mol. The average Bonchev–Trinajstić information content (AvgIpc) is 3.25. The van der Waals surface area contributed by atoms with E-state index in [0.29, 0.717) is 18.1 Å². The molecule has 9 heteroatoms. The van der Waals surface area contributed by atoms with Gasteiger partial charge in [0.15, 0.2) is 5.82 Å². The van der Waals surface area contributed by atoms with Crippen LogP contribution in [0.5, 0.6) is 5.75 Å². The second-order valence-electron chi connectivity index (χ2n) is 8.87. The third-order valence-corrected chi connectivity index (χ3v) is 6.17. The Hall–Kier alpha value is -3.01. The molecule has 1 fully saturated rings. The summed E-state index contributed by atoms with van der Waals surface area (Å²) in [5, 5.41) is 20.8. The molecule has 3 heterocycles. The predicted molar refractivity (Wildman–Crippen MR) is 135 cm³/mol. The van der Waals surface area contributed by atoms with Gasteiger partial charge in [-0.1, -0.05) is 24.2 Å². The lowest BCUT2D eigenvalue weighted by Gasteiger charge is -2.25. The fraction of sp³-hybridized carbons (Fsp3) is 0.500. The van der Waals surface area contributed by atoms with Crippen molar-refractivity contribution in [2.24, 2.45) is 0 Å². The number of anilines is 1. The summed E-state index contributed by atoms with van der Waals surface area (Å²) in [6, 6.07) is 7.93. The molecule has 2 aromatic heterocycles. The molecule has 3 N–H and O–H groups in total. The third kappa shape index (κ3) is 5.98. The van der Waals surface area contributed by atoms with Crippen LogP contribution >= 0.6 is 0 Å². The Bertz CT molecular complexity index is 1130. The number of aliphatic hydroxyl groups is 1. The standard InChI is InChI=1S/C26H35N5O4/c1-5-22-23(17(3)31-35-22)24-16(2)25(28-19-9-11-33-12-10-19)30-26(29-24)18-7-6-8-21(13-18)34-15-20(32)14-27-4/h6-8,13,19-20,27,32H,5,9-12,14-15H2,1-4H3,(H,28,29,30). The molecule has 0 saturated carbocycles. The molecule has 0 radical (unpaired) electrons. The Morgan fingerprint density at radius 3 is 2.74 bits per heavy atom. The van der Waals surface area contributed by atoms with Crippen molar-refractivity contribution >= 4 is 5.82 Å². The van der Waals surface area contributed by atoms with E-state index in [0.717, 1.165) is 72.1 Å². The zero-order valence-electron chi connectivity index (χ0n) is 20.9. The smallest absolute Gasteiger partial charge is 0.162 e. The van der Waals surface area contributed by atoms with Crippen LogP contribution in [0.3, 0.4) is 0 Å². The van der Waals surface area contributed by atoms with Crippen molar-refractivity contribution in [1.82, 2.24) is 20.4 Å². The monoisotopic (exact) mass is 481 g/mol. The molecule has 188 valence electrons. The first-order valence-electron chi connectivity index (χ1n) is 12.2. The third-order valence-electron chi connectivity index (χ3n) is 6.17. The summed E-state index contributed by atoms with van der Waals surface area (Å²) < 4.78 is 16.9. The van der Waals surface area contributed by atoms with Gasteiger partial charge in [0.1, 0.15) is 30.0 Å². The number of aliphatic hydroxyl groups excluding tert-OH is 1. The quantitative estimate of drug-likeness (QED) is 0.400. The van der Waals surface area contributed by atoms with E-state index in [-0.39, 0.29) is 12.6 Å². The zero-order chi connectivity index (χ0) is 24.8. The van der Waals surface area contributed by atoms with Crippen molar-refractivity contribution in [3.05, 3.63) is 41.3 Å². The molecule has 1 aliphatic heterocycles. The van der Waals surface area contributed by atoms with Gasteiger partial charge in [-0.25, -0.2) is 9.97 Å². The van der Waals surface area contributed by atoms with Crippen LogP contribution < -0.4 is 15.4 Å². The maximum absolute atomic E-state index is 9.99. The molecule has 1 aromatic carbocycles. The van der Waals surface area contributed by atoms with Gasteiger partial charge in [-0.3, -0.25) is 0 Å². The Balaban J connectivity index is 1.73. The number of aryl methyl sites for hydroxylation is 2. The highest BCUT2D eigenvalue weighted by molar-refractivity contribution is 5.74. The van der Waals surface area contributed by atoms with Crippen LogP contribution in [0, 0.1) is 13.8 Å². The van der Waals surface area contributed by atoms with E-state index >= 15 is 0 Å². The average molecular weight is 482 g/mol. The van der Waals surface area contributed by atoms with Crippen molar-refractivity contribution in [3.8, 4) is 28.4 Å². The van der Waals surface area contributed by atoms with E-state index in [1.54, 1.807) is 7.05 Å². The molecule has 0 aliphatic carbocycles. The molecule has 0 amide bonds.